The van der Waals surface area contributed by atoms with Crippen LogP contribution in [0.3, 0.4) is 0 Å². The lowest BCUT2D eigenvalue weighted by atomic mass is 10.1. The summed E-state index contributed by atoms with van der Waals surface area (Å²) in [4.78, 5) is 5.41. The summed E-state index contributed by atoms with van der Waals surface area (Å²) in [7, 11) is 0. The summed E-state index contributed by atoms with van der Waals surface area (Å²) >= 11 is 5.26. The summed E-state index contributed by atoms with van der Waals surface area (Å²) in [6.45, 7) is 3.47. The van der Waals surface area contributed by atoms with Crippen molar-refractivity contribution in [3.8, 4) is 5.75 Å². The smallest absolute Gasteiger partial charge is 0.182 e. The van der Waals surface area contributed by atoms with Crippen molar-refractivity contribution in [1.82, 2.24) is 4.98 Å². The number of benzene rings is 2. The summed E-state index contributed by atoms with van der Waals surface area (Å²) in [6.07, 6.45) is 1.86. The number of nitrogens with zero attached hydrogens (tertiary/aromatic N) is 1. The van der Waals surface area contributed by atoms with E-state index in [0.29, 0.717) is 6.61 Å². The van der Waals surface area contributed by atoms with Gasteiger partial charge in [0.05, 0.1) is 9.35 Å². The molecule has 0 atom stereocenters. The molecule has 2 aromatic carbocycles. The van der Waals surface area contributed by atoms with E-state index in [0.717, 1.165) is 32.2 Å². The Bertz CT molecular complexity index is 757. The second-order valence-corrected chi connectivity index (χ2v) is 6.46. The summed E-state index contributed by atoms with van der Waals surface area (Å²) in [5.41, 5.74) is 0. The molecule has 0 unspecified atom stereocenters. The van der Waals surface area contributed by atoms with Crippen molar-refractivity contribution in [2.24, 2.45) is 0 Å². The Balaban J connectivity index is 1.76. The third kappa shape index (κ3) is 3.19. The number of fused-ring (bicyclic) bond motifs is 1. The first kappa shape index (κ1) is 14.4. The maximum atomic E-state index is 5.92. The Hall–Kier alpha value is -1.59. The minimum Gasteiger partial charge on any atom is -0.487 e. The average molecular weight is 363 g/mol. The minimum atomic E-state index is 0.528. The molecular formula is C16H15BrN2OS. The van der Waals surface area contributed by atoms with Crippen LogP contribution in [0.2, 0.25) is 0 Å². The van der Waals surface area contributed by atoms with Crippen LogP contribution in [-0.4, -0.2) is 11.5 Å². The first-order chi connectivity index (χ1) is 10.3. The van der Waals surface area contributed by atoms with Gasteiger partial charge in [-0.05, 0) is 39.7 Å². The zero-order chi connectivity index (χ0) is 14.7. The Morgan fingerprint density at radius 2 is 2.10 bits per heavy atom. The van der Waals surface area contributed by atoms with Gasteiger partial charge >= 0.3 is 0 Å². The molecule has 0 saturated carbocycles. The van der Waals surface area contributed by atoms with E-state index >= 15 is 0 Å². The van der Waals surface area contributed by atoms with Crippen molar-refractivity contribution in [1.29, 1.82) is 0 Å². The second kappa shape index (κ2) is 6.45. The summed E-state index contributed by atoms with van der Waals surface area (Å²) in [6, 6.07) is 12.3. The van der Waals surface area contributed by atoms with E-state index in [4.69, 9.17) is 4.74 Å². The van der Waals surface area contributed by atoms with E-state index < -0.39 is 0 Å². The Labute approximate surface area is 136 Å². The van der Waals surface area contributed by atoms with Crippen LogP contribution in [0.25, 0.3) is 10.8 Å². The summed E-state index contributed by atoms with van der Waals surface area (Å²) in [5.74, 6) is 0.854. The van der Waals surface area contributed by atoms with E-state index in [2.05, 4.69) is 51.4 Å². The Morgan fingerprint density at radius 3 is 2.95 bits per heavy atom. The fraction of sp³-hybridized carbons (Fsp3) is 0.188. The monoisotopic (exact) mass is 362 g/mol. The lowest BCUT2D eigenvalue weighted by molar-refractivity contribution is 0.308. The molecular weight excluding hydrogens is 348 g/mol. The number of anilines is 1. The fourth-order valence-corrected chi connectivity index (χ4v) is 3.48. The molecule has 3 aromatic rings. The first-order valence-electron chi connectivity index (χ1n) is 6.76. The van der Waals surface area contributed by atoms with Gasteiger partial charge in [-0.1, -0.05) is 41.7 Å². The lowest BCUT2D eigenvalue weighted by Gasteiger charge is -2.09. The highest BCUT2D eigenvalue weighted by Crippen LogP contribution is 2.33. The molecule has 0 aliphatic heterocycles. The number of ether oxygens (including phenoxy) is 1. The minimum absolute atomic E-state index is 0.528. The van der Waals surface area contributed by atoms with Crippen LogP contribution in [0.1, 0.15) is 11.8 Å². The van der Waals surface area contributed by atoms with Gasteiger partial charge in [0, 0.05) is 12.7 Å². The summed E-state index contributed by atoms with van der Waals surface area (Å²) in [5, 5.41) is 6.50. The predicted octanol–water partition coefficient (Wildman–Crippen LogP) is 5.07. The molecule has 3 nitrogen and oxygen atoms in total. The zero-order valence-corrected chi connectivity index (χ0v) is 14.0. The van der Waals surface area contributed by atoms with Crippen molar-refractivity contribution in [2.75, 3.05) is 11.9 Å². The Morgan fingerprint density at radius 1 is 1.24 bits per heavy atom. The molecule has 21 heavy (non-hydrogen) atoms. The first-order valence-corrected chi connectivity index (χ1v) is 8.37. The standard InChI is InChI=1S/C16H15BrN2OS/c1-2-18-16-19-9-12(21-16)10-20-14-8-7-11-5-3-4-6-13(11)15(14)17/h3-9H,2,10H2,1H3,(H,18,19). The molecule has 3 rings (SSSR count). The maximum absolute atomic E-state index is 5.92. The second-order valence-electron chi connectivity index (χ2n) is 4.55. The highest BCUT2D eigenvalue weighted by Gasteiger charge is 2.07. The molecule has 0 amide bonds. The average Bonchev–Trinajstić information content (AvgIpc) is 2.95. The number of hydrogen-bond acceptors (Lipinski definition) is 4. The number of halogens is 1. The van der Waals surface area contributed by atoms with Crippen LogP contribution in [-0.2, 0) is 6.61 Å². The molecule has 108 valence electrons. The van der Waals surface area contributed by atoms with Gasteiger partial charge < -0.3 is 10.1 Å². The van der Waals surface area contributed by atoms with Crippen LogP contribution in [0, 0.1) is 0 Å². The van der Waals surface area contributed by atoms with Crippen molar-refractivity contribution in [3.05, 3.63) is 51.9 Å². The number of thiazole rings is 1. The van der Waals surface area contributed by atoms with Gasteiger partial charge in [-0.2, -0.15) is 0 Å². The topological polar surface area (TPSA) is 34.2 Å². The maximum Gasteiger partial charge on any atom is 0.182 e. The third-order valence-electron chi connectivity index (χ3n) is 3.08. The number of rotatable bonds is 5. The number of hydrogen-bond donors (Lipinski definition) is 1. The number of nitrogens with one attached hydrogen (secondary N) is 1. The van der Waals surface area contributed by atoms with Gasteiger partial charge in [0.25, 0.3) is 0 Å². The molecule has 0 aliphatic carbocycles. The summed E-state index contributed by atoms with van der Waals surface area (Å²) < 4.78 is 6.92. The van der Waals surface area contributed by atoms with E-state index in [9.17, 15) is 0 Å². The quantitative estimate of drug-likeness (QED) is 0.687. The Kier molecular flexibility index (Phi) is 4.41. The number of aromatic nitrogens is 1. The SMILES string of the molecule is CCNc1ncc(COc2ccc3ccccc3c2Br)s1. The van der Waals surface area contributed by atoms with Gasteiger partial charge in [-0.15, -0.1) is 0 Å². The van der Waals surface area contributed by atoms with Gasteiger partial charge in [0.1, 0.15) is 12.4 Å². The van der Waals surface area contributed by atoms with Crippen LogP contribution in [0.5, 0.6) is 5.75 Å². The van der Waals surface area contributed by atoms with Gasteiger partial charge in [-0.25, -0.2) is 4.98 Å². The van der Waals surface area contributed by atoms with Crippen LogP contribution >= 0.6 is 27.3 Å². The molecule has 0 saturated heterocycles. The lowest BCUT2D eigenvalue weighted by Crippen LogP contribution is -1.94. The molecule has 1 heterocycles. The highest BCUT2D eigenvalue weighted by molar-refractivity contribution is 9.10. The largest absolute Gasteiger partial charge is 0.487 e. The van der Waals surface area contributed by atoms with Crippen LogP contribution in [0.4, 0.5) is 5.13 Å². The van der Waals surface area contributed by atoms with Crippen molar-refractivity contribution < 1.29 is 4.74 Å². The molecule has 0 aliphatic rings. The fourth-order valence-electron chi connectivity index (χ4n) is 2.08. The van der Waals surface area contributed by atoms with Gasteiger partial charge in [0.15, 0.2) is 5.13 Å². The van der Waals surface area contributed by atoms with Crippen LogP contribution < -0.4 is 10.1 Å². The van der Waals surface area contributed by atoms with E-state index in [1.165, 1.54) is 5.39 Å². The predicted molar refractivity (Wildman–Crippen MR) is 92.3 cm³/mol. The molecule has 0 radical (unpaired) electrons. The van der Waals surface area contributed by atoms with Gasteiger partial charge in [-0.3, -0.25) is 0 Å². The molecule has 1 N–H and O–H groups in total. The van der Waals surface area contributed by atoms with Crippen molar-refractivity contribution >= 4 is 43.2 Å². The molecule has 5 heteroatoms. The molecule has 1 aromatic heterocycles. The third-order valence-corrected chi connectivity index (χ3v) is 4.83. The molecule has 0 bridgehead atoms. The zero-order valence-electron chi connectivity index (χ0n) is 11.6. The molecule has 0 spiro atoms. The van der Waals surface area contributed by atoms with E-state index in [1.807, 2.05) is 24.4 Å². The van der Waals surface area contributed by atoms with Gasteiger partial charge in [0.2, 0.25) is 0 Å². The molecule has 0 fully saturated rings. The van der Waals surface area contributed by atoms with E-state index in [-0.39, 0.29) is 0 Å². The van der Waals surface area contributed by atoms with Crippen molar-refractivity contribution in [2.45, 2.75) is 13.5 Å². The van der Waals surface area contributed by atoms with Crippen molar-refractivity contribution in [3.63, 3.8) is 0 Å². The highest BCUT2D eigenvalue weighted by atomic mass is 79.9. The van der Waals surface area contributed by atoms with Crippen LogP contribution in [0.15, 0.2) is 47.1 Å². The normalized spacial score (nSPS) is 10.8. The van der Waals surface area contributed by atoms with E-state index in [1.54, 1.807) is 11.3 Å².